The smallest absolute Gasteiger partial charge is 0.257 e. The molecule has 3 aliphatic heterocycles. The normalized spacial score (nSPS) is 16.6. The fourth-order valence-corrected chi connectivity index (χ4v) is 9.52. The van der Waals surface area contributed by atoms with Crippen LogP contribution >= 0.6 is 0 Å². The van der Waals surface area contributed by atoms with Crippen molar-refractivity contribution in [1.29, 1.82) is 0 Å². The first-order valence-corrected chi connectivity index (χ1v) is 23.6. The number of hydrogen-bond donors (Lipinski definition) is 3. The number of piperazine rings is 1. The Morgan fingerprint density at radius 1 is 0.846 bits per heavy atom. The largest absolute Gasteiger partial charge is 0.483 e. The molecule has 0 radical (unpaired) electrons. The van der Waals surface area contributed by atoms with Gasteiger partial charge in [0.25, 0.3) is 11.8 Å². The molecule has 0 aliphatic carbocycles. The topological polar surface area (TPSA) is 162 Å². The maximum Gasteiger partial charge on any atom is 0.257 e. The molecule has 3 N–H and O–H groups in total. The number of fused-ring (bicyclic) bond motifs is 2. The number of aliphatic hydroxyl groups excluding tert-OH is 1. The van der Waals surface area contributed by atoms with Crippen LogP contribution in [0.3, 0.4) is 0 Å². The third-order valence-electron chi connectivity index (χ3n) is 13.1. The van der Waals surface area contributed by atoms with E-state index in [1.165, 1.54) is 48.1 Å². The van der Waals surface area contributed by atoms with Gasteiger partial charge in [-0.05, 0) is 55.9 Å². The fourth-order valence-electron chi connectivity index (χ4n) is 9.52. The molecule has 14 nitrogen and oxygen atoms in total. The minimum absolute atomic E-state index is 0.158. The standard InChI is InChI=1S/C51H62N8O6/c1-36-48(49-53-42(38-19-11-9-12-20-38)33-47(59(49)55-36)57-29-27-56(28-30-57)31-32-60)39-21-14-13-18-37(39)17-10-7-5-3-2-4-6-8-15-26-52-46(62)35-65-44-23-16-22-40-41(44)34-58(51(40)64)43-24-25-45(61)54-50(43)63/h9,11-14,16,18-23,33,43,60H,2-8,10,15,17,24-32,34-35H2,1H3,(H,52,62)(H,54,61,63). The molecule has 2 aromatic heterocycles. The van der Waals surface area contributed by atoms with E-state index >= 15 is 0 Å². The second-order valence-corrected chi connectivity index (χ2v) is 17.5. The molecule has 0 saturated carbocycles. The number of imide groups is 1. The summed E-state index contributed by atoms with van der Waals surface area (Å²) in [6.45, 7) is 7.10. The Balaban J connectivity index is 0.751. The number of aliphatic hydroxyl groups is 1. The van der Waals surface area contributed by atoms with E-state index < -0.39 is 11.9 Å². The van der Waals surface area contributed by atoms with Crippen LogP contribution in [0.15, 0.2) is 78.9 Å². The summed E-state index contributed by atoms with van der Waals surface area (Å²) < 4.78 is 7.89. The molecule has 342 valence electrons. The maximum atomic E-state index is 13.1. The SMILES string of the molecule is Cc1nn2c(N3CCN(CCO)CC3)cc(-c3ccccc3)nc2c1-c1ccccc1CCCCCCCCCCCNC(=O)COc1cccc2c1CN(C1CCC(=O)NC1=O)C2=O. The zero-order valence-corrected chi connectivity index (χ0v) is 37.6. The van der Waals surface area contributed by atoms with Crippen LogP contribution in [0, 0.1) is 6.92 Å². The van der Waals surface area contributed by atoms with Crippen molar-refractivity contribution < 1.29 is 29.0 Å². The van der Waals surface area contributed by atoms with Gasteiger partial charge < -0.3 is 25.0 Å². The van der Waals surface area contributed by atoms with Crippen molar-refractivity contribution in [3.8, 4) is 28.1 Å². The molecule has 0 spiro atoms. The average Bonchev–Trinajstić information content (AvgIpc) is 3.84. The van der Waals surface area contributed by atoms with Gasteiger partial charge in [0, 0.05) is 74.0 Å². The van der Waals surface area contributed by atoms with Gasteiger partial charge in [-0.3, -0.25) is 29.4 Å². The van der Waals surface area contributed by atoms with E-state index in [1.54, 1.807) is 18.2 Å². The van der Waals surface area contributed by atoms with Crippen LogP contribution in [0.4, 0.5) is 5.82 Å². The van der Waals surface area contributed by atoms with E-state index in [0.717, 1.165) is 92.3 Å². The highest BCUT2D eigenvalue weighted by atomic mass is 16.5. The Kier molecular flexibility index (Phi) is 15.2. The van der Waals surface area contributed by atoms with E-state index in [4.69, 9.17) is 14.8 Å². The van der Waals surface area contributed by atoms with Crippen LogP contribution in [0.2, 0.25) is 0 Å². The summed E-state index contributed by atoms with van der Waals surface area (Å²) in [6, 6.07) is 25.8. The van der Waals surface area contributed by atoms with Gasteiger partial charge in [-0.25, -0.2) is 4.98 Å². The summed E-state index contributed by atoms with van der Waals surface area (Å²) in [5.41, 5.74) is 8.62. The first kappa shape index (κ1) is 45.4. The molecule has 3 aromatic carbocycles. The molecule has 2 saturated heterocycles. The Bertz CT molecular complexity index is 2460. The minimum atomic E-state index is -0.704. The molecule has 14 heteroatoms. The highest BCUT2D eigenvalue weighted by molar-refractivity contribution is 6.05. The van der Waals surface area contributed by atoms with Crippen LogP contribution in [0.1, 0.15) is 97.8 Å². The Morgan fingerprint density at radius 3 is 2.31 bits per heavy atom. The van der Waals surface area contributed by atoms with E-state index in [1.807, 2.05) is 10.6 Å². The zero-order valence-electron chi connectivity index (χ0n) is 37.6. The van der Waals surface area contributed by atoms with Crippen molar-refractivity contribution in [2.45, 2.75) is 96.6 Å². The fraction of sp³-hybridized carbons (Fsp3) is 0.451. The lowest BCUT2D eigenvalue weighted by Gasteiger charge is -2.35. The van der Waals surface area contributed by atoms with Crippen LogP contribution < -0.4 is 20.3 Å². The number of rotatable bonds is 21. The highest BCUT2D eigenvalue weighted by Crippen LogP contribution is 2.36. The van der Waals surface area contributed by atoms with E-state index in [2.05, 4.69) is 82.0 Å². The number of carbonyl (C=O) groups excluding carboxylic acids is 4. The number of ether oxygens (including phenoxy) is 1. The third-order valence-corrected chi connectivity index (χ3v) is 13.1. The van der Waals surface area contributed by atoms with Crippen LogP contribution in [0.25, 0.3) is 28.0 Å². The van der Waals surface area contributed by atoms with Gasteiger partial charge in [-0.2, -0.15) is 9.61 Å². The minimum Gasteiger partial charge on any atom is -0.483 e. The van der Waals surface area contributed by atoms with Gasteiger partial charge in [0.1, 0.15) is 17.6 Å². The zero-order chi connectivity index (χ0) is 45.1. The van der Waals surface area contributed by atoms with Crippen molar-refractivity contribution in [1.82, 2.24) is 35.0 Å². The van der Waals surface area contributed by atoms with Crippen molar-refractivity contribution in [2.24, 2.45) is 0 Å². The Hall–Kier alpha value is -6.12. The van der Waals surface area contributed by atoms with Crippen molar-refractivity contribution in [3.63, 3.8) is 0 Å². The first-order chi connectivity index (χ1) is 31.8. The average molecular weight is 883 g/mol. The monoisotopic (exact) mass is 882 g/mol. The second kappa shape index (κ2) is 21.7. The summed E-state index contributed by atoms with van der Waals surface area (Å²) in [5.74, 6) is 0.230. The van der Waals surface area contributed by atoms with Gasteiger partial charge in [0.15, 0.2) is 12.3 Å². The molecule has 2 fully saturated rings. The van der Waals surface area contributed by atoms with Gasteiger partial charge in [-0.1, -0.05) is 106 Å². The number of nitrogens with one attached hydrogen (secondary N) is 2. The van der Waals surface area contributed by atoms with Gasteiger partial charge in [0.05, 0.1) is 24.5 Å². The quantitative estimate of drug-likeness (QED) is 0.0549. The lowest BCUT2D eigenvalue weighted by atomic mass is 9.95. The number of hydrogen-bond acceptors (Lipinski definition) is 10. The summed E-state index contributed by atoms with van der Waals surface area (Å²) >= 11 is 0. The molecule has 8 rings (SSSR count). The van der Waals surface area contributed by atoms with Crippen LogP contribution in [-0.2, 0) is 27.3 Å². The highest BCUT2D eigenvalue weighted by Gasteiger charge is 2.40. The molecule has 3 aliphatic rings. The van der Waals surface area contributed by atoms with Gasteiger partial charge in [-0.15, -0.1) is 0 Å². The van der Waals surface area contributed by atoms with E-state index in [-0.39, 0.29) is 50.3 Å². The van der Waals surface area contributed by atoms with Crippen molar-refractivity contribution >= 4 is 35.1 Å². The number of aromatic nitrogens is 3. The molecule has 5 heterocycles. The molecular weight excluding hydrogens is 821 g/mol. The maximum absolute atomic E-state index is 13.1. The summed E-state index contributed by atoms with van der Waals surface area (Å²) in [6.07, 6.45) is 11.7. The lowest BCUT2D eigenvalue weighted by molar-refractivity contribution is -0.137. The molecule has 1 unspecified atom stereocenters. The van der Waals surface area contributed by atoms with E-state index in [0.29, 0.717) is 30.0 Å². The molecule has 4 amide bonds. The predicted octanol–water partition coefficient (Wildman–Crippen LogP) is 6.50. The summed E-state index contributed by atoms with van der Waals surface area (Å²) in [4.78, 5) is 61.2. The summed E-state index contributed by atoms with van der Waals surface area (Å²) in [7, 11) is 0. The molecule has 0 bridgehead atoms. The molecule has 65 heavy (non-hydrogen) atoms. The number of unbranched alkanes of at least 4 members (excludes halogenated alkanes) is 8. The Labute approximate surface area is 381 Å². The number of aryl methyl sites for hydroxylation is 2. The van der Waals surface area contributed by atoms with Crippen molar-refractivity contribution in [2.75, 3.05) is 57.4 Å². The molecule has 5 aromatic rings. The number of nitrogens with zero attached hydrogens (tertiary/aromatic N) is 6. The number of piperidine rings is 1. The van der Waals surface area contributed by atoms with Crippen molar-refractivity contribution in [3.05, 3.63) is 101 Å². The Morgan fingerprint density at radius 2 is 1.55 bits per heavy atom. The van der Waals surface area contributed by atoms with Gasteiger partial charge >= 0.3 is 0 Å². The number of amides is 4. The van der Waals surface area contributed by atoms with Gasteiger partial charge in [0.2, 0.25) is 11.8 Å². The first-order valence-electron chi connectivity index (χ1n) is 23.6. The second-order valence-electron chi connectivity index (χ2n) is 17.5. The molecular formula is C51H62N8O6. The number of benzene rings is 3. The summed E-state index contributed by atoms with van der Waals surface area (Å²) in [5, 5.41) is 19.9. The predicted molar refractivity (Wildman–Crippen MR) is 251 cm³/mol. The molecule has 1 atom stereocenters. The van der Waals surface area contributed by atoms with Crippen LogP contribution in [0.5, 0.6) is 5.75 Å². The third kappa shape index (κ3) is 10.9. The number of anilines is 1. The van der Waals surface area contributed by atoms with E-state index in [9.17, 15) is 24.3 Å². The number of carbonyl (C=O) groups is 4. The van der Waals surface area contributed by atoms with Crippen LogP contribution in [-0.4, -0.2) is 112 Å². The number of β-amino-alcohol motifs (C(OH)–C–C–N with tert-alkyl or cyclic N) is 1. The lowest BCUT2D eigenvalue weighted by Crippen LogP contribution is -2.52.